The fourth-order valence-electron chi connectivity index (χ4n) is 1.45. The second-order valence-corrected chi connectivity index (χ2v) is 4.43. The summed E-state index contributed by atoms with van der Waals surface area (Å²) in [6.45, 7) is 1.78. The van der Waals surface area contributed by atoms with E-state index in [9.17, 15) is 9.59 Å². The molecule has 15 heavy (non-hydrogen) atoms. The average molecular weight is 214 g/mol. The van der Waals surface area contributed by atoms with Gasteiger partial charge < -0.3 is 10.2 Å². The Morgan fingerprint density at radius 3 is 1.73 bits per heavy atom. The molecule has 0 heterocycles. The van der Waals surface area contributed by atoms with Crippen molar-refractivity contribution in [1.29, 1.82) is 0 Å². The number of aliphatic carboxylic acids is 2. The summed E-state index contributed by atoms with van der Waals surface area (Å²) in [4.78, 5) is 20.2. The third-order valence-corrected chi connectivity index (χ3v) is 3.17. The molecule has 1 atom stereocenters. The maximum absolute atomic E-state index is 10.2. The molecule has 2 saturated carbocycles. The Kier molecular flexibility index (Phi) is 4.12. The molecule has 86 valence electrons. The lowest BCUT2D eigenvalue weighted by molar-refractivity contribution is -0.144. The molecule has 2 fully saturated rings. The molecule has 0 amide bonds. The SMILES string of the molecule is CC(C(=O)O)C1CC1.O=C(O)C1CCC1. The molecule has 2 N–H and O–H groups in total. The molecule has 2 rings (SSSR count). The van der Waals surface area contributed by atoms with E-state index in [-0.39, 0.29) is 11.8 Å². The first-order valence-electron chi connectivity index (χ1n) is 5.48. The van der Waals surface area contributed by atoms with Gasteiger partial charge in [-0.2, -0.15) is 0 Å². The van der Waals surface area contributed by atoms with Crippen LogP contribution in [0.2, 0.25) is 0 Å². The first-order chi connectivity index (χ1) is 7.02. The van der Waals surface area contributed by atoms with E-state index in [1.165, 1.54) is 0 Å². The molecule has 0 aromatic carbocycles. The van der Waals surface area contributed by atoms with Gasteiger partial charge in [0.15, 0.2) is 0 Å². The third-order valence-electron chi connectivity index (χ3n) is 3.17. The van der Waals surface area contributed by atoms with Crippen molar-refractivity contribution in [3.63, 3.8) is 0 Å². The van der Waals surface area contributed by atoms with Crippen molar-refractivity contribution in [2.24, 2.45) is 17.8 Å². The lowest BCUT2D eigenvalue weighted by Gasteiger charge is -2.19. The molecular weight excluding hydrogens is 196 g/mol. The third kappa shape index (κ3) is 3.90. The zero-order chi connectivity index (χ0) is 11.4. The molecule has 4 nitrogen and oxygen atoms in total. The molecule has 0 spiro atoms. The van der Waals surface area contributed by atoms with Crippen LogP contribution in [-0.4, -0.2) is 22.2 Å². The smallest absolute Gasteiger partial charge is 0.306 e. The summed E-state index contributed by atoms with van der Waals surface area (Å²) in [5.74, 6) is -0.874. The van der Waals surface area contributed by atoms with Crippen molar-refractivity contribution in [2.45, 2.75) is 39.0 Å². The molecule has 0 aromatic rings. The van der Waals surface area contributed by atoms with Gasteiger partial charge in [0, 0.05) is 0 Å². The van der Waals surface area contributed by atoms with Gasteiger partial charge in [-0.15, -0.1) is 0 Å². The van der Waals surface area contributed by atoms with Gasteiger partial charge in [-0.3, -0.25) is 9.59 Å². The highest BCUT2D eigenvalue weighted by Crippen LogP contribution is 2.36. The molecule has 1 unspecified atom stereocenters. The fraction of sp³-hybridized carbons (Fsp3) is 0.818. The molecule has 0 aliphatic heterocycles. The maximum atomic E-state index is 10.2. The summed E-state index contributed by atoms with van der Waals surface area (Å²) in [5, 5.41) is 16.6. The van der Waals surface area contributed by atoms with Gasteiger partial charge in [0.05, 0.1) is 11.8 Å². The van der Waals surface area contributed by atoms with Crippen LogP contribution in [0.4, 0.5) is 0 Å². The van der Waals surface area contributed by atoms with Gasteiger partial charge in [-0.1, -0.05) is 13.3 Å². The van der Waals surface area contributed by atoms with Crippen molar-refractivity contribution in [3.8, 4) is 0 Å². The van der Waals surface area contributed by atoms with Crippen LogP contribution in [0.5, 0.6) is 0 Å². The van der Waals surface area contributed by atoms with E-state index in [1.54, 1.807) is 6.92 Å². The highest BCUT2D eigenvalue weighted by atomic mass is 16.4. The Balaban J connectivity index is 0.000000151. The number of carboxylic acids is 2. The van der Waals surface area contributed by atoms with E-state index in [0.717, 1.165) is 32.1 Å². The summed E-state index contributed by atoms with van der Waals surface area (Å²) >= 11 is 0. The molecule has 0 aromatic heterocycles. The van der Waals surface area contributed by atoms with Crippen LogP contribution >= 0.6 is 0 Å². The Morgan fingerprint density at radius 2 is 1.67 bits per heavy atom. The quantitative estimate of drug-likeness (QED) is 0.753. The Morgan fingerprint density at radius 1 is 1.13 bits per heavy atom. The highest BCUT2D eigenvalue weighted by Gasteiger charge is 2.32. The van der Waals surface area contributed by atoms with Crippen LogP contribution in [0.1, 0.15) is 39.0 Å². The predicted molar refractivity (Wildman–Crippen MR) is 54.5 cm³/mol. The van der Waals surface area contributed by atoms with Crippen molar-refractivity contribution >= 4 is 11.9 Å². The van der Waals surface area contributed by atoms with Gasteiger partial charge in [-0.25, -0.2) is 0 Å². The highest BCUT2D eigenvalue weighted by molar-refractivity contribution is 5.70. The van der Waals surface area contributed by atoms with E-state index < -0.39 is 11.9 Å². The van der Waals surface area contributed by atoms with Crippen LogP contribution < -0.4 is 0 Å². The van der Waals surface area contributed by atoms with Crippen molar-refractivity contribution in [3.05, 3.63) is 0 Å². The average Bonchev–Trinajstić information content (AvgIpc) is 2.81. The zero-order valence-electron chi connectivity index (χ0n) is 8.98. The lowest BCUT2D eigenvalue weighted by Crippen LogP contribution is -2.20. The van der Waals surface area contributed by atoms with Gasteiger partial charge in [-0.05, 0) is 31.6 Å². The van der Waals surface area contributed by atoms with E-state index in [4.69, 9.17) is 10.2 Å². The van der Waals surface area contributed by atoms with E-state index >= 15 is 0 Å². The Labute approximate surface area is 89.3 Å². The first kappa shape index (κ1) is 12.0. The number of carboxylic acid groups (broad SMARTS) is 2. The van der Waals surface area contributed by atoms with Gasteiger partial charge in [0.2, 0.25) is 0 Å². The van der Waals surface area contributed by atoms with E-state index in [2.05, 4.69) is 0 Å². The van der Waals surface area contributed by atoms with Crippen molar-refractivity contribution in [2.75, 3.05) is 0 Å². The second-order valence-electron chi connectivity index (χ2n) is 4.43. The van der Waals surface area contributed by atoms with Gasteiger partial charge >= 0.3 is 11.9 Å². The summed E-state index contributed by atoms with van der Waals surface area (Å²) < 4.78 is 0. The molecule has 2 aliphatic rings. The van der Waals surface area contributed by atoms with E-state index in [0.29, 0.717) is 5.92 Å². The number of rotatable bonds is 3. The topological polar surface area (TPSA) is 74.6 Å². The Bertz CT molecular complexity index is 241. The maximum Gasteiger partial charge on any atom is 0.306 e. The largest absolute Gasteiger partial charge is 0.481 e. The standard InChI is InChI=1S/C6H10O2.C5H8O2/c1-4(6(7)8)5-2-3-5;6-5(7)4-2-1-3-4/h4-5H,2-3H2,1H3,(H,7,8);4H,1-3H2,(H,6,7). The molecule has 4 heteroatoms. The lowest BCUT2D eigenvalue weighted by atomic mass is 9.86. The molecule has 0 saturated heterocycles. The molecular formula is C11H18O4. The number of carbonyl (C=O) groups is 2. The minimum Gasteiger partial charge on any atom is -0.481 e. The monoisotopic (exact) mass is 214 g/mol. The summed E-state index contributed by atoms with van der Waals surface area (Å²) in [6, 6.07) is 0. The number of hydrogen-bond acceptors (Lipinski definition) is 2. The summed E-state index contributed by atoms with van der Waals surface area (Å²) in [7, 11) is 0. The zero-order valence-corrected chi connectivity index (χ0v) is 8.98. The van der Waals surface area contributed by atoms with Crippen molar-refractivity contribution in [1.82, 2.24) is 0 Å². The predicted octanol–water partition coefficient (Wildman–Crippen LogP) is 1.99. The second kappa shape index (κ2) is 5.14. The minimum absolute atomic E-state index is 0.000000000000000444. The normalized spacial score (nSPS) is 21.9. The van der Waals surface area contributed by atoms with E-state index in [1.807, 2.05) is 0 Å². The first-order valence-corrected chi connectivity index (χ1v) is 5.48. The molecule has 0 bridgehead atoms. The van der Waals surface area contributed by atoms with Gasteiger partial charge in [0.1, 0.15) is 0 Å². The fourth-order valence-corrected chi connectivity index (χ4v) is 1.45. The summed E-state index contributed by atoms with van der Waals surface area (Å²) in [6.07, 6.45) is 5.14. The summed E-state index contributed by atoms with van der Waals surface area (Å²) in [5.41, 5.74) is 0. The van der Waals surface area contributed by atoms with Crippen LogP contribution in [0, 0.1) is 17.8 Å². The van der Waals surface area contributed by atoms with Crippen LogP contribution in [0.3, 0.4) is 0 Å². The molecule has 2 aliphatic carbocycles. The molecule has 0 radical (unpaired) electrons. The van der Waals surface area contributed by atoms with Crippen LogP contribution in [0.15, 0.2) is 0 Å². The van der Waals surface area contributed by atoms with Crippen LogP contribution in [-0.2, 0) is 9.59 Å². The van der Waals surface area contributed by atoms with Crippen LogP contribution in [0.25, 0.3) is 0 Å². The van der Waals surface area contributed by atoms with Gasteiger partial charge in [0.25, 0.3) is 0 Å². The van der Waals surface area contributed by atoms with Crippen molar-refractivity contribution < 1.29 is 19.8 Å². The number of hydrogen-bond donors (Lipinski definition) is 2. The minimum atomic E-state index is -0.646. The Hall–Kier alpha value is -1.06.